The summed E-state index contributed by atoms with van der Waals surface area (Å²) in [6, 6.07) is 11.3. The first kappa shape index (κ1) is 13.2. The molecule has 1 N–H and O–H groups in total. The topological polar surface area (TPSA) is 55.6 Å². The van der Waals surface area contributed by atoms with Gasteiger partial charge >= 0.3 is 0 Å². The minimum atomic E-state index is -0.844. The van der Waals surface area contributed by atoms with E-state index in [-0.39, 0.29) is 0 Å². The highest BCUT2D eigenvalue weighted by Gasteiger charge is 2.03. The maximum absolute atomic E-state index is 13.1. The molecule has 0 aliphatic carbocycles. The highest BCUT2D eigenvalue weighted by Crippen LogP contribution is 2.14. The fourth-order valence-corrected chi connectivity index (χ4v) is 1.87. The van der Waals surface area contributed by atoms with Crippen molar-refractivity contribution in [3.8, 4) is 5.69 Å². The van der Waals surface area contributed by atoms with Crippen LogP contribution in [-0.4, -0.2) is 20.2 Å². The Bertz CT molecular complexity index is 726. The van der Waals surface area contributed by atoms with Crippen molar-refractivity contribution in [2.24, 2.45) is 0 Å². The second kappa shape index (κ2) is 5.66. The molecule has 3 rings (SSSR count). The van der Waals surface area contributed by atoms with Crippen molar-refractivity contribution < 1.29 is 8.78 Å². The van der Waals surface area contributed by atoms with Crippen molar-refractivity contribution in [3.63, 3.8) is 0 Å². The van der Waals surface area contributed by atoms with Crippen LogP contribution in [-0.2, 0) is 6.54 Å². The summed E-state index contributed by atoms with van der Waals surface area (Å²) in [6.07, 6.45) is 1.50. The van der Waals surface area contributed by atoms with Crippen molar-refractivity contribution in [1.29, 1.82) is 0 Å². The molecule has 1 heterocycles. The van der Waals surface area contributed by atoms with Crippen molar-refractivity contribution >= 4 is 5.69 Å². The van der Waals surface area contributed by atoms with Crippen LogP contribution in [0.15, 0.2) is 48.8 Å². The normalized spacial score (nSPS) is 10.6. The first-order valence-electron chi connectivity index (χ1n) is 6.23. The van der Waals surface area contributed by atoms with Crippen molar-refractivity contribution in [2.75, 3.05) is 5.32 Å². The molecule has 3 aromatic rings. The molecule has 0 amide bonds. The van der Waals surface area contributed by atoms with Gasteiger partial charge in [0.1, 0.15) is 6.33 Å². The van der Waals surface area contributed by atoms with Crippen LogP contribution in [0.4, 0.5) is 14.5 Å². The molecular weight excluding hydrogens is 276 g/mol. The van der Waals surface area contributed by atoms with Crippen LogP contribution in [0, 0.1) is 11.6 Å². The Kier molecular flexibility index (Phi) is 3.55. The maximum Gasteiger partial charge on any atom is 0.159 e. The summed E-state index contributed by atoms with van der Waals surface area (Å²) in [5.41, 5.74) is 2.35. The first-order chi connectivity index (χ1) is 10.2. The predicted molar refractivity (Wildman–Crippen MR) is 72.8 cm³/mol. The molecule has 0 unspecified atom stereocenters. The molecule has 0 fully saturated rings. The number of tetrazole rings is 1. The Morgan fingerprint density at radius 1 is 1.00 bits per heavy atom. The number of aromatic nitrogens is 4. The fourth-order valence-electron chi connectivity index (χ4n) is 1.87. The van der Waals surface area contributed by atoms with E-state index in [0.29, 0.717) is 12.1 Å². The Morgan fingerprint density at radius 2 is 1.81 bits per heavy atom. The Labute approximate surface area is 119 Å². The van der Waals surface area contributed by atoms with Gasteiger partial charge in [-0.2, -0.15) is 0 Å². The van der Waals surface area contributed by atoms with E-state index in [2.05, 4.69) is 20.8 Å². The van der Waals surface area contributed by atoms with Crippen LogP contribution < -0.4 is 5.32 Å². The molecule has 1 aromatic heterocycles. The largest absolute Gasteiger partial charge is 0.381 e. The van der Waals surface area contributed by atoms with Gasteiger partial charge < -0.3 is 5.32 Å². The lowest BCUT2D eigenvalue weighted by Crippen LogP contribution is -2.01. The summed E-state index contributed by atoms with van der Waals surface area (Å²) >= 11 is 0. The monoisotopic (exact) mass is 287 g/mol. The van der Waals surface area contributed by atoms with Crippen LogP contribution in [0.25, 0.3) is 5.69 Å². The molecule has 21 heavy (non-hydrogen) atoms. The summed E-state index contributed by atoms with van der Waals surface area (Å²) < 4.78 is 27.5. The van der Waals surface area contributed by atoms with Crippen LogP contribution in [0.3, 0.4) is 0 Å². The van der Waals surface area contributed by atoms with E-state index in [1.165, 1.54) is 12.4 Å². The molecule has 2 aromatic carbocycles. The maximum atomic E-state index is 13.1. The molecule has 0 atom stereocenters. The van der Waals surface area contributed by atoms with Crippen LogP contribution in [0.5, 0.6) is 0 Å². The molecule has 106 valence electrons. The first-order valence-corrected chi connectivity index (χ1v) is 6.23. The van der Waals surface area contributed by atoms with E-state index in [9.17, 15) is 8.78 Å². The second-order valence-corrected chi connectivity index (χ2v) is 4.40. The molecule has 0 aliphatic rings. The van der Waals surface area contributed by atoms with Crippen molar-refractivity contribution in [3.05, 3.63) is 66.0 Å². The zero-order chi connectivity index (χ0) is 14.7. The standard InChI is InChI=1S/C14H11F2N5/c15-13-6-1-10(7-14(13)16)8-17-11-2-4-12(5-3-11)21-9-18-19-20-21/h1-7,9,17H,8H2. The van der Waals surface area contributed by atoms with Gasteiger partial charge in [-0.25, -0.2) is 13.5 Å². The molecular formula is C14H11F2N5. The SMILES string of the molecule is Fc1ccc(CNc2ccc(-n3cnnn3)cc2)cc1F. The number of nitrogens with one attached hydrogen (secondary N) is 1. The zero-order valence-corrected chi connectivity index (χ0v) is 10.9. The van der Waals surface area contributed by atoms with Gasteiger partial charge in [0.25, 0.3) is 0 Å². The zero-order valence-electron chi connectivity index (χ0n) is 10.9. The number of benzene rings is 2. The van der Waals surface area contributed by atoms with Gasteiger partial charge in [-0.3, -0.25) is 0 Å². The van der Waals surface area contributed by atoms with E-state index in [1.807, 2.05) is 24.3 Å². The number of halogens is 2. The fraction of sp³-hybridized carbons (Fsp3) is 0.0714. The third-order valence-corrected chi connectivity index (χ3v) is 2.96. The minimum absolute atomic E-state index is 0.404. The van der Waals surface area contributed by atoms with Crippen molar-refractivity contribution in [2.45, 2.75) is 6.54 Å². The lowest BCUT2D eigenvalue weighted by molar-refractivity contribution is 0.507. The third-order valence-electron chi connectivity index (χ3n) is 2.96. The van der Waals surface area contributed by atoms with Crippen molar-refractivity contribution in [1.82, 2.24) is 20.2 Å². The van der Waals surface area contributed by atoms with Gasteiger partial charge in [0.2, 0.25) is 0 Å². The van der Waals surface area contributed by atoms with Gasteiger partial charge in [0, 0.05) is 12.2 Å². The van der Waals surface area contributed by atoms with E-state index in [1.54, 1.807) is 10.7 Å². The van der Waals surface area contributed by atoms with Gasteiger partial charge in [-0.15, -0.1) is 5.10 Å². The van der Waals surface area contributed by atoms with E-state index in [4.69, 9.17) is 0 Å². The highest BCUT2D eigenvalue weighted by molar-refractivity contribution is 5.48. The van der Waals surface area contributed by atoms with E-state index in [0.717, 1.165) is 17.4 Å². The van der Waals surface area contributed by atoms with Crippen LogP contribution >= 0.6 is 0 Å². The predicted octanol–water partition coefficient (Wildman–Crippen LogP) is 2.55. The van der Waals surface area contributed by atoms with Crippen LogP contribution in [0.2, 0.25) is 0 Å². The number of rotatable bonds is 4. The summed E-state index contributed by atoms with van der Waals surface area (Å²) in [5, 5.41) is 14.0. The smallest absolute Gasteiger partial charge is 0.159 e. The molecule has 0 bridgehead atoms. The van der Waals surface area contributed by atoms with E-state index < -0.39 is 11.6 Å². The molecule has 0 spiro atoms. The van der Waals surface area contributed by atoms with Gasteiger partial charge in [0.05, 0.1) is 5.69 Å². The third kappa shape index (κ3) is 3.02. The quantitative estimate of drug-likeness (QED) is 0.801. The summed E-state index contributed by atoms with van der Waals surface area (Å²) in [7, 11) is 0. The highest BCUT2D eigenvalue weighted by atomic mass is 19.2. The molecule has 5 nitrogen and oxygen atoms in total. The van der Waals surface area contributed by atoms with Gasteiger partial charge in [-0.05, 0) is 52.4 Å². The number of anilines is 1. The van der Waals surface area contributed by atoms with Gasteiger partial charge in [-0.1, -0.05) is 6.07 Å². The number of nitrogens with zero attached hydrogens (tertiary/aromatic N) is 4. The summed E-state index contributed by atoms with van der Waals surface area (Å²) in [4.78, 5) is 0. The molecule has 0 aliphatic heterocycles. The van der Waals surface area contributed by atoms with Gasteiger partial charge in [0.15, 0.2) is 11.6 Å². The number of hydrogen-bond acceptors (Lipinski definition) is 4. The average molecular weight is 287 g/mol. The second-order valence-electron chi connectivity index (χ2n) is 4.40. The molecule has 7 heteroatoms. The average Bonchev–Trinajstić information content (AvgIpc) is 3.03. The lowest BCUT2D eigenvalue weighted by atomic mass is 10.2. The Morgan fingerprint density at radius 3 is 2.48 bits per heavy atom. The van der Waals surface area contributed by atoms with Crippen LogP contribution in [0.1, 0.15) is 5.56 Å². The summed E-state index contributed by atoms with van der Waals surface area (Å²) in [5.74, 6) is -1.69. The minimum Gasteiger partial charge on any atom is -0.381 e. The van der Waals surface area contributed by atoms with E-state index >= 15 is 0 Å². The number of hydrogen-bond donors (Lipinski definition) is 1. The molecule has 0 saturated heterocycles. The Balaban J connectivity index is 1.66. The Hall–Kier alpha value is -2.83. The molecule has 0 saturated carbocycles. The summed E-state index contributed by atoms with van der Waals surface area (Å²) in [6.45, 7) is 0.404. The lowest BCUT2D eigenvalue weighted by Gasteiger charge is -2.08. The molecule has 0 radical (unpaired) electrons.